The van der Waals surface area contributed by atoms with Gasteiger partial charge in [0.25, 0.3) is 0 Å². The lowest BCUT2D eigenvalue weighted by Gasteiger charge is -2.47. The molecule has 1 aromatic carbocycles. The Morgan fingerprint density at radius 1 is 1.41 bits per heavy atom. The van der Waals surface area contributed by atoms with Gasteiger partial charge in [0.05, 0.1) is 0 Å². The average molecular weight is 232 g/mol. The maximum absolute atomic E-state index is 5.84. The van der Waals surface area contributed by atoms with Gasteiger partial charge in [-0.3, -0.25) is 0 Å². The van der Waals surface area contributed by atoms with Crippen LogP contribution in [-0.2, 0) is 0 Å². The fourth-order valence-corrected chi connectivity index (χ4v) is 2.73. The van der Waals surface area contributed by atoms with Gasteiger partial charge in [0, 0.05) is 17.8 Å². The van der Waals surface area contributed by atoms with Gasteiger partial charge in [-0.1, -0.05) is 12.1 Å². The molecular weight excluding hydrogens is 208 g/mol. The minimum Gasteiger partial charge on any atom is -0.366 e. The number of piperidine rings is 1. The smallest absolute Gasteiger partial charge is 0.0373 e. The number of hydrogen-bond acceptors (Lipinski definition) is 2. The summed E-state index contributed by atoms with van der Waals surface area (Å²) >= 11 is 0. The van der Waals surface area contributed by atoms with Crippen molar-refractivity contribution in [2.45, 2.75) is 39.2 Å². The van der Waals surface area contributed by atoms with Crippen LogP contribution in [0.1, 0.15) is 32.3 Å². The molecule has 0 bridgehead atoms. The summed E-state index contributed by atoms with van der Waals surface area (Å²) < 4.78 is 0. The van der Waals surface area contributed by atoms with E-state index in [0.717, 1.165) is 13.1 Å². The maximum atomic E-state index is 5.84. The van der Waals surface area contributed by atoms with Gasteiger partial charge in [0.1, 0.15) is 0 Å². The van der Waals surface area contributed by atoms with Crippen molar-refractivity contribution >= 4 is 5.69 Å². The molecule has 2 nitrogen and oxygen atoms in total. The first kappa shape index (κ1) is 12.4. The summed E-state index contributed by atoms with van der Waals surface area (Å²) in [6.45, 7) is 8.72. The van der Waals surface area contributed by atoms with E-state index in [9.17, 15) is 0 Å². The SMILES string of the molecule is Cc1cccc(N2CC(CN)CCC2(C)C)c1. The van der Waals surface area contributed by atoms with E-state index in [1.54, 1.807) is 0 Å². The van der Waals surface area contributed by atoms with Gasteiger partial charge in [-0.15, -0.1) is 0 Å². The summed E-state index contributed by atoms with van der Waals surface area (Å²) in [5.41, 5.74) is 8.75. The Morgan fingerprint density at radius 2 is 2.18 bits per heavy atom. The minimum absolute atomic E-state index is 0.249. The normalized spacial score (nSPS) is 23.8. The minimum atomic E-state index is 0.249. The Morgan fingerprint density at radius 3 is 2.82 bits per heavy atom. The first-order valence-corrected chi connectivity index (χ1v) is 6.57. The maximum Gasteiger partial charge on any atom is 0.0373 e. The molecule has 0 aromatic heterocycles. The predicted molar refractivity (Wildman–Crippen MR) is 74.4 cm³/mol. The number of anilines is 1. The fraction of sp³-hybridized carbons (Fsp3) is 0.600. The summed E-state index contributed by atoms with van der Waals surface area (Å²) in [5, 5.41) is 0. The topological polar surface area (TPSA) is 29.3 Å². The van der Waals surface area contributed by atoms with Gasteiger partial charge in [0.15, 0.2) is 0 Å². The summed E-state index contributed by atoms with van der Waals surface area (Å²) in [6, 6.07) is 8.79. The second kappa shape index (κ2) is 4.69. The first-order chi connectivity index (χ1) is 8.03. The van der Waals surface area contributed by atoms with Gasteiger partial charge in [-0.05, 0) is 63.8 Å². The molecule has 2 N–H and O–H groups in total. The molecule has 1 atom stereocenters. The molecule has 0 amide bonds. The second-order valence-electron chi connectivity index (χ2n) is 5.90. The number of hydrogen-bond donors (Lipinski definition) is 1. The van der Waals surface area contributed by atoms with Crippen LogP contribution in [0.3, 0.4) is 0 Å². The predicted octanol–water partition coefficient (Wildman–Crippen LogP) is 2.95. The molecule has 1 fully saturated rings. The lowest BCUT2D eigenvalue weighted by molar-refractivity contribution is 0.295. The van der Waals surface area contributed by atoms with Gasteiger partial charge in [-0.25, -0.2) is 0 Å². The molecule has 2 heteroatoms. The molecule has 1 heterocycles. The van der Waals surface area contributed by atoms with Crippen LogP contribution in [0.15, 0.2) is 24.3 Å². The lowest BCUT2D eigenvalue weighted by Crippen LogP contribution is -2.51. The van der Waals surface area contributed by atoms with Crippen molar-refractivity contribution in [3.8, 4) is 0 Å². The van der Waals surface area contributed by atoms with Crippen molar-refractivity contribution < 1.29 is 0 Å². The van der Waals surface area contributed by atoms with E-state index >= 15 is 0 Å². The zero-order valence-corrected chi connectivity index (χ0v) is 11.2. The van der Waals surface area contributed by atoms with Crippen LogP contribution in [0, 0.1) is 12.8 Å². The van der Waals surface area contributed by atoms with Crippen molar-refractivity contribution in [3.05, 3.63) is 29.8 Å². The van der Waals surface area contributed by atoms with Crippen molar-refractivity contribution in [2.75, 3.05) is 18.0 Å². The first-order valence-electron chi connectivity index (χ1n) is 6.57. The quantitative estimate of drug-likeness (QED) is 0.849. The van der Waals surface area contributed by atoms with Crippen molar-refractivity contribution in [1.82, 2.24) is 0 Å². The molecule has 1 aromatic rings. The third-order valence-electron chi connectivity index (χ3n) is 3.98. The van der Waals surface area contributed by atoms with E-state index < -0.39 is 0 Å². The Balaban J connectivity index is 2.27. The zero-order chi connectivity index (χ0) is 12.5. The number of rotatable bonds is 2. The van der Waals surface area contributed by atoms with E-state index in [2.05, 4.69) is 49.9 Å². The summed E-state index contributed by atoms with van der Waals surface area (Å²) in [4.78, 5) is 2.53. The van der Waals surface area contributed by atoms with Crippen LogP contribution in [0.2, 0.25) is 0 Å². The molecular formula is C15H24N2. The lowest BCUT2D eigenvalue weighted by atomic mass is 9.84. The molecule has 1 aliphatic rings. The molecule has 1 unspecified atom stereocenters. The van der Waals surface area contributed by atoms with Crippen molar-refractivity contribution in [1.29, 1.82) is 0 Å². The molecule has 17 heavy (non-hydrogen) atoms. The van der Waals surface area contributed by atoms with E-state index in [0.29, 0.717) is 5.92 Å². The monoisotopic (exact) mass is 232 g/mol. The highest BCUT2D eigenvalue weighted by atomic mass is 15.2. The highest BCUT2D eigenvalue weighted by molar-refractivity contribution is 5.51. The van der Waals surface area contributed by atoms with E-state index in [4.69, 9.17) is 5.73 Å². The molecule has 0 aliphatic carbocycles. The number of benzene rings is 1. The van der Waals surface area contributed by atoms with Gasteiger partial charge < -0.3 is 10.6 Å². The molecule has 94 valence electrons. The largest absolute Gasteiger partial charge is 0.366 e. The Kier molecular flexibility index (Phi) is 3.43. The zero-order valence-electron chi connectivity index (χ0n) is 11.2. The highest BCUT2D eigenvalue weighted by Crippen LogP contribution is 2.34. The van der Waals surface area contributed by atoms with Crippen LogP contribution >= 0.6 is 0 Å². The molecule has 0 radical (unpaired) electrons. The van der Waals surface area contributed by atoms with Gasteiger partial charge in [-0.2, -0.15) is 0 Å². The molecule has 0 spiro atoms. The second-order valence-corrected chi connectivity index (χ2v) is 5.90. The Bertz CT molecular complexity index is 384. The van der Waals surface area contributed by atoms with Crippen LogP contribution in [-0.4, -0.2) is 18.6 Å². The van der Waals surface area contributed by atoms with Crippen molar-refractivity contribution in [2.24, 2.45) is 11.7 Å². The van der Waals surface area contributed by atoms with E-state index in [1.165, 1.54) is 24.1 Å². The van der Waals surface area contributed by atoms with Crippen molar-refractivity contribution in [3.63, 3.8) is 0 Å². The van der Waals surface area contributed by atoms with Crippen LogP contribution in [0.4, 0.5) is 5.69 Å². The molecule has 0 saturated carbocycles. The number of nitrogens with two attached hydrogens (primary N) is 1. The molecule has 2 rings (SSSR count). The van der Waals surface area contributed by atoms with Crippen LogP contribution in [0.5, 0.6) is 0 Å². The van der Waals surface area contributed by atoms with E-state index in [1.807, 2.05) is 0 Å². The van der Waals surface area contributed by atoms with Gasteiger partial charge in [0.2, 0.25) is 0 Å². The molecule has 1 saturated heterocycles. The Hall–Kier alpha value is -1.02. The standard InChI is InChI=1S/C15H24N2/c1-12-5-4-6-14(9-12)17-11-13(10-16)7-8-15(17,2)3/h4-6,9,13H,7-8,10-11,16H2,1-3H3. The highest BCUT2D eigenvalue weighted by Gasteiger charge is 2.33. The fourth-order valence-electron chi connectivity index (χ4n) is 2.73. The molecule has 1 aliphatic heterocycles. The third kappa shape index (κ3) is 2.63. The average Bonchev–Trinajstić information content (AvgIpc) is 2.29. The summed E-state index contributed by atoms with van der Waals surface area (Å²) in [6.07, 6.45) is 2.48. The number of aryl methyl sites for hydroxylation is 1. The van der Waals surface area contributed by atoms with Crippen LogP contribution < -0.4 is 10.6 Å². The summed E-state index contributed by atoms with van der Waals surface area (Å²) in [7, 11) is 0. The van der Waals surface area contributed by atoms with Gasteiger partial charge >= 0.3 is 0 Å². The van der Waals surface area contributed by atoms with Crippen LogP contribution in [0.25, 0.3) is 0 Å². The Labute approximate surface area is 105 Å². The summed E-state index contributed by atoms with van der Waals surface area (Å²) in [5.74, 6) is 0.642. The number of nitrogens with zero attached hydrogens (tertiary/aromatic N) is 1. The third-order valence-corrected chi connectivity index (χ3v) is 3.98. The van der Waals surface area contributed by atoms with E-state index in [-0.39, 0.29) is 5.54 Å².